The number of nitrogens with zero attached hydrogens (tertiary/aromatic N) is 1. The van der Waals surface area contributed by atoms with Gasteiger partial charge in [0.05, 0.1) is 5.69 Å². The number of hydrogen-bond acceptors (Lipinski definition) is 4. The molecular formula is C16H21FN2S3. The van der Waals surface area contributed by atoms with Gasteiger partial charge < -0.3 is 4.72 Å². The molecule has 1 atom stereocenters. The molecule has 1 heterocycles. The van der Waals surface area contributed by atoms with Crippen molar-refractivity contribution in [3.8, 4) is 0 Å². The molecule has 2 aromatic rings. The summed E-state index contributed by atoms with van der Waals surface area (Å²) in [7, 11) is 0.0384. The zero-order valence-corrected chi connectivity index (χ0v) is 15.7. The minimum atomic E-state index is -0.182. The maximum atomic E-state index is 13.5. The van der Waals surface area contributed by atoms with Crippen molar-refractivity contribution in [1.29, 1.82) is 0 Å². The van der Waals surface area contributed by atoms with E-state index in [2.05, 4.69) is 41.7 Å². The van der Waals surface area contributed by atoms with E-state index in [4.69, 9.17) is 0 Å². The summed E-state index contributed by atoms with van der Waals surface area (Å²) in [5, 5.41) is 2.91. The SMILES string of the molecule is C=S(Cc1csc(NSc2cccc(F)c2C)n1)C(C)(C)C. The number of hydrogen-bond donors (Lipinski definition) is 1. The average molecular weight is 357 g/mol. The predicted molar refractivity (Wildman–Crippen MR) is 101 cm³/mol. The quantitative estimate of drug-likeness (QED) is 0.549. The Labute approximate surface area is 142 Å². The molecule has 1 unspecified atom stereocenters. The Kier molecular flexibility index (Phi) is 5.69. The fourth-order valence-electron chi connectivity index (χ4n) is 1.61. The number of nitrogens with one attached hydrogen (secondary N) is 1. The van der Waals surface area contributed by atoms with Crippen LogP contribution in [0.5, 0.6) is 0 Å². The zero-order valence-electron chi connectivity index (χ0n) is 13.3. The minimum Gasteiger partial charge on any atom is -0.302 e. The van der Waals surface area contributed by atoms with E-state index in [1.807, 2.05) is 6.07 Å². The van der Waals surface area contributed by atoms with Crippen molar-refractivity contribution in [2.45, 2.75) is 43.1 Å². The molecule has 0 saturated carbocycles. The number of benzene rings is 1. The third-order valence-corrected chi connectivity index (χ3v) is 7.48. The van der Waals surface area contributed by atoms with Crippen molar-refractivity contribution in [3.63, 3.8) is 0 Å². The van der Waals surface area contributed by atoms with Crippen LogP contribution in [0.2, 0.25) is 0 Å². The first-order chi connectivity index (χ1) is 10.3. The molecule has 0 aliphatic carbocycles. The van der Waals surface area contributed by atoms with Gasteiger partial charge in [-0.25, -0.2) is 9.37 Å². The molecule has 0 aliphatic heterocycles. The van der Waals surface area contributed by atoms with Crippen molar-refractivity contribution in [1.82, 2.24) is 4.98 Å². The Hall–Kier alpha value is -0.850. The van der Waals surface area contributed by atoms with Gasteiger partial charge >= 0.3 is 0 Å². The van der Waals surface area contributed by atoms with Crippen LogP contribution < -0.4 is 4.72 Å². The topological polar surface area (TPSA) is 24.9 Å². The van der Waals surface area contributed by atoms with E-state index < -0.39 is 0 Å². The van der Waals surface area contributed by atoms with Crippen LogP contribution in [-0.2, 0) is 5.75 Å². The van der Waals surface area contributed by atoms with Crippen molar-refractivity contribution in [2.24, 2.45) is 0 Å². The van der Waals surface area contributed by atoms with Gasteiger partial charge in [0, 0.05) is 26.3 Å². The number of rotatable bonds is 5. The van der Waals surface area contributed by atoms with Crippen molar-refractivity contribution >= 4 is 44.8 Å². The molecule has 1 N–H and O–H groups in total. The monoisotopic (exact) mass is 356 g/mol. The zero-order chi connectivity index (χ0) is 16.3. The molecule has 0 saturated heterocycles. The van der Waals surface area contributed by atoms with Crippen LogP contribution in [-0.4, -0.2) is 15.6 Å². The van der Waals surface area contributed by atoms with Gasteiger partial charge in [0.25, 0.3) is 0 Å². The van der Waals surface area contributed by atoms with E-state index in [1.54, 1.807) is 24.3 Å². The van der Waals surface area contributed by atoms with E-state index in [-0.39, 0.29) is 21.0 Å². The summed E-state index contributed by atoms with van der Waals surface area (Å²) in [6, 6.07) is 5.09. The number of aromatic nitrogens is 1. The molecule has 2 rings (SSSR count). The summed E-state index contributed by atoms with van der Waals surface area (Å²) >= 11 is 2.97. The van der Waals surface area contributed by atoms with Gasteiger partial charge in [-0.05, 0) is 31.0 Å². The highest BCUT2D eigenvalue weighted by molar-refractivity contribution is 8.14. The Morgan fingerprint density at radius 1 is 1.41 bits per heavy atom. The van der Waals surface area contributed by atoms with Gasteiger partial charge in [-0.1, -0.05) is 32.7 Å². The molecule has 0 aliphatic rings. The molecule has 0 spiro atoms. The van der Waals surface area contributed by atoms with E-state index in [9.17, 15) is 4.39 Å². The molecule has 2 nitrogen and oxygen atoms in total. The van der Waals surface area contributed by atoms with Crippen LogP contribution in [0.1, 0.15) is 32.0 Å². The Balaban J connectivity index is 1.98. The molecule has 1 aromatic carbocycles. The van der Waals surface area contributed by atoms with Crippen LogP contribution in [0.15, 0.2) is 28.5 Å². The maximum Gasteiger partial charge on any atom is 0.193 e. The third kappa shape index (κ3) is 4.57. The van der Waals surface area contributed by atoms with Crippen LogP contribution >= 0.6 is 33.8 Å². The molecule has 1 aromatic heterocycles. The van der Waals surface area contributed by atoms with Gasteiger partial charge in [-0.15, -0.1) is 11.3 Å². The number of thiazole rings is 1. The van der Waals surface area contributed by atoms with E-state index in [0.717, 1.165) is 21.5 Å². The van der Waals surface area contributed by atoms with Gasteiger partial charge in [-0.2, -0.15) is 10.5 Å². The Bertz CT molecular complexity index is 674. The number of anilines is 1. The fourth-order valence-corrected chi connectivity index (χ4v) is 4.17. The lowest BCUT2D eigenvalue weighted by molar-refractivity contribution is 0.613. The standard InChI is InChI=1S/C16H21FN2S3/c1-11-13(17)7-6-8-14(11)21-19-15-18-12(9-20-15)10-22(5)16(2,3)4/h6-9H,5,10H2,1-4H3,(H,18,19). The molecule has 0 bridgehead atoms. The van der Waals surface area contributed by atoms with Crippen molar-refractivity contribution in [2.75, 3.05) is 4.72 Å². The van der Waals surface area contributed by atoms with Crippen LogP contribution in [0.4, 0.5) is 9.52 Å². The molecule has 22 heavy (non-hydrogen) atoms. The van der Waals surface area contributed by atoms with Gasteiger partial charge in [0.2, 0.25) is 0 Å². The number of halogens is 1. The molecule has 6 heteroatoms. The highest BCUT2D eigenvalue weighted by atomic mass is 32.2. The largest absolute Gasteiger partial charge is 0.302 e. The summed E-state index contributed by atoms with van der Waals surface area (Å²) in [6.45, 7) is 8.40. The van der Waals surface area contributed by atoms with E-state index in [1.165, 1.54) is 18.0 Å². The van der Waals surface area contributed by atoms with Crippen molar-refractivity contribution < 1.29 is 4.39 Å². The summed E-state index contributed by atoms with van der Waals surface area (Å²) < 4.78 is 16.9. The first kappa shape index (κ1) is 17.5. The second kappa shape index (κ2) is 7.15. The summed E-state index contributed by atoms with van der Waals surface area (Å²) in [5.74, 6) is 4.97. The van der Waals surface area contributed by atoms with Gasteiger partial charge in [0.1, 0.15) is 5.82 Å². The lowest BCUT2D eigenvalue weighted by Crippen LogP contribution is -2.11. The fraction of sp³-hybridized carbons (Fsp3) is 0.375. The van der Waals surface area contributed by atoms with Gasteiger partial charge in [0.15, 0.2) is 5.13 Å². The lowest BCUT2D eigenvalue weighted by atomic mass is 10.2. The first-order valence-electron chi connectivity index (χ1n) is 6.90. The average Bonchev–Trinajstić information content (AvgIpc) is 2.87. The molecule has 0 radical (unpaired) electrons. The highest BCUT2D eigenvalue weighted by Gasteiger charge is 2.15. The van der Waals surface area contributed by atoms with E-state index >= 15 is 0 Å². The highest BCUT2D eigenvalue weighted by Crippen LogP contribution is 2.34. The van der Waals surface area contributed by atoms with Gasteiger partial charge in [-0.3, -0.25) is 0 Å². The van der Waals surface area contributed by atoms with E-state index in [0.29, 0.717) is 5.56 Å². The second-order valence-corrected chi connectivity index (χ2v) is 10.2. The second-order valence-electron chi connectivity index (χ2n) is 5.96. The predicted octanol–water partition coefficient (Wildman–Crippen LogP) is 5.71. The first-order valence-corrected chi connectivity index (χ1v) is 10.2. The van der Waals surface area contributed by atoms with Crippen molar-refractivity contribution in [3.05, 3.63) is 40.7 Å². The summed E-state index contributed by atoms with van der Waals surface area (Å²) in [6.07, 6.45) is 0. The van der Waals surface area contributed by atoms with Crippen LogP contribution in [0.3, 0.4) is 0 Å². The summed E-state index contributed by atoms with van der Waals surface area (Å²) in [4.78, 5) is 5.47. The Morgan fingerprint density at radius 2 is 2.14 bits per heavy atom. The summed E-state index contributed by atoms with van der Waals surface area (Å²) in [5.41, 5.74) is 1.72. The maximum absolute atomic E-state index is 13.5. The smallest absolute Gasteiger partial charge is 0.193 e. The Morgan fingerprint density at radius 3 is 2.82 bits per heavy atom. The van der Waals surface area contributed by atoms with Crippen LogP contribution in [0.25, 0.3) is 0 Å². The lowest BCUT2D eigenvalue weighted by Gasteiger charge is -2.22. The van der Waals surface area contributed by atoms with Crippen LogP contribution in [0, 0.1) is 12.7 Å². The molecular weight excluding hydrogens is 335 g/mol. The third-order valence-electron chi connectivity index (χ3n) is 3.21. The molecule has 0 fully saturated rings. The minimum absolute atomic E-state index is 0.0384. The molecule has 120 valence electrons. The molecule has 0 amide bonds. The normalized spacial score (nSPS) is 13.1.